The summed E-state index contributed by atoms with van der Waals surface area (Å²) in [5.41, 5.74) is 0.848. The fourth-order valence-electron chi connectivity index (χ4n) is 1.83. The summed E-state index contributed by atoms with van der Waals surface area (Å²) in [5, 5.41) is 6.25. The average Bonchev–Trinajstić information content (AvgIpc) is 2.46. The van der Waals surface area contributed by atoms with E-state index < -0.39 is 6.36 Å². The number of methoxy groups -OCH3 is 1. The number of benzene rings is 2. The Hall–Kier alpha value is -2.19. The molecule has 2 aromatic rings. The molecule has 0 saturated heterocycles. The molecule has 0 amide bonds. The van der Waals surface area contributed by atoms with Gasteiger partial charge in [0.25, 0.3) is 0 Å². The van der Waals surface area contributed by atoms with Gasteiger partial charge in [0, 0.05) is 16.8 Å². The van der Waals surface area contributed by atoms with Gasteiger partial charge in [-0.1, -0.05) is 17.7 Å². The second-order valence-corrected chi connectivity index (χ2v) is 5.34. The van der Waals surface area contributed by atoms with Crippen molar-refractivity contribution >= 4 is 40.3 Å². The number of thiocarbonyl (C=S) groups is 1. The quantitative estimate of drug-likeness (QED) is 0.730. The molecule has 0 unspecified atom stereocenters. The van der Waals surface area contributed by atoms with E-state index in [2.05, 4.69) is 15.4 Å². The largest absolute Gasteiger partial charge is 0.573 e. The Bertz CT molecular complexity index is 741. The zero-order valence-electron chi connectivity index (χ0n) is 12.3. The summed E-state index contributed by atoms with van der Waals surface area (Å²) in [7, 11) is 1.49. The van der Waals surface area contributed by atoms with E-state index in [1.807, 2.05) is 0 Å². The van der Waals surface area contributed by atoms with Crippen LogP contribution in [0.2, 0.25) is 5.02 Å². The third-order valence-electron chi connectivity index (χ3n) is 2.74. The van der Waals surface area contributed by atoms with Crippen molar-refractivity contribution in [3.8, 4) is 11.5 Å². The predicted octanol–water partition coefficient (Wildman–Crippen LogP) is 5.06. The van der Waals surface area contributed by atoms with Gasteiger partial charge in [-0.15, -0.1) is 13.2 Å². The van der Waals surface area contributed by atoms with Gasteiger partial charge in [0.2, 0.25) is 0 Å². The molecule has 0 atom stereocenters. The van der Waals surface area contributed by atoms with Crippen LogP contribution < -0.4 is 20.1 Å². The Kier molecular flexibility index (Phi) is 5.74. The van der Waals surface area contributed by atoms with E-state index in [1.54, 1.807) is 24.3 Å². The summed E-state index contributed by atoms with van der Waals surface area (Å²) in [4.78, 5) is 0. The number of halogens is 4. The van der Waals surface area contributed by atoms with Crippen LogP contribution in [0.25, 0.3) is 0 Å². The van der Waals surface area contributed by atoms with Crippen molar-refractivity contribution in [2.45, 2.75) is 6.36 Å². The molecule has 0 spiro atoms. The van der Waals surface area contributed by atoms with E-state index in [4.69, 9.17) is 28.6 Å². The summed E-state index contributed by atoms with van der Waals surface area (Å²) in [5.74, 6) is 0.161. The Labute approximate surface area is 146 Å². The lowest BCUT2D eigenvalue weighted by Crippen LogP contribution is -2.20. The second kappa shape index (κ2) is 7.59. The number of hydrogen-bond acceptors (Lipinski definition) is 3. The van der Waals surface area contributed by atoms with Crippen LogP contribution in [-0.4, -0.2) is 18.6 Å². The minimum atomic E-state index is -4.76. The third-order valence-corrected chi connectivity index (χ3v) is 3.17. The molecule has 2 aromatic carbocycles. The molecule has 24 heavy (non-hydrogen) atoms. The minimum absolute atomic E-state index is 0.153. The summed E-state index contributed by atoms with van der Waals surface area (Å²) >= 11 is 11.1. The van der Waals surface area contributed by atoms with E-state index >= 15 is 0 Å². The van der Waals surface area contributed by atoms with E-state index in [-0.39, 0.29) is 10.9 Å². The lowest BCUT2D eigenvalue weighted by atomic mass is 10.3. The molecule has 0 bridgehead atoms. The maximum absolute atomic E-state index is 12.2. The monoisotopic (exact) mass is 376 g/mol. The van der Waals surface area contributed by atoms with Crippen LogP contribution in [0.4, 0.5) is 24.5 Å². The van der Waals surface area contributed by atoms with Crippen molar-refractivity contribution in [3.63, 3.8) is 0 Å². The van der Waals surface area contributed by atoms with Crippen LogP contribution in [0.3, 0.4) is 0 Å². The molecule has 128 valence electrons. The average molecular weight is 377 g/mol. The topological polar surface area (TPSA) is 42.5 Å². The molecule has 0 aliphatic heterocycles. The Morgan fingerprint density at radius 1 is 1.12 bits per heavy atom. The standard InChI is InChI=1S/C15H12ClF3N2O2S/c1-22-13-6-5-9(16)7-12(13)21-14(24)20-10-3-2-4-11(8-10)23-15(17,18)19/h2-8H,1H3,(H2,20,21,24). The molecule has 0 aliphatic rings. The molecule has 9 heteroatoms. The predicted molar refractivity (Wildman–Crippen MR) is 91.0 cm³/mol. The highest BCUT2D eigenvalue weighted by Gasteiger charge is 2.31. The Morgan fingerprint density at radius 2 is 1.88 bits per heavy atom. The van der Waals surface area contributed by atoms with E-state index in [0.717, 1.165) is 0 Å². The molecule has 0 aliphatic carbocycles. The van der Waals surface area contributed by atoms with Gasteiger partial charge in [-0.3, -0.25) is 0 Å². The fourth-order valence-corrected chi connectivity index (χ4v) is 2.23. The molecule has 0 heterocycles. The highest BCUT2D eigenvalue weighted by Crippen LogP contribution is 2.28. The lowest BCUT2D eigenvalue weighted by molar-refractivity contribution is -0.274. The van der Waals surface area contributed by atoms with Crippen molar-refractivity contribution < 1.29 is 22.6 Å². The van der Waals surface area contributed by atoms with Crippen molar-refractivity contribution in [2.75, 3.05) is 17.7 Å². The molecular formula is C15H12ClF3N2O2S. The van der Waals surface area contributed by atoms with Crippen LogP contribution in [0, 0.1) is 0 Å². The third kappa shape index (κ3) is 5.47. The molecule has 2 rings (SSSR count). The van der Waals surface area contributed by atoms with Gasteiger partial charge in [0.15, 0.2) is 5.11 Å². The number of alkyl halides is 3. The number of rotatable bonds is 4. The van der Waals surface area contributed by atoms with Crippen LogP contribution in [0.1, 0.15) is 0 Å². The maximum atomic E-state index is 12.2. The van der Waals surface area contributed by atoms with Gasteiger partial charge in [-0.05, 0) is 42.5 Å². The fraction of sp³-hybridized carbons (Fsp3) is 0.133. The highest BCUT2D eigenvalue weighted by atomic mass is 35.5. The summed E-state index contributed by atoms with van der Waals surface area (Å²) in [6, 6.07) is 10.2. The first-order valence-electron chi connectivity index (χ1n) is 6.54. The smallest absolute Gasteiger partial charge is 0.495 e. The summed E-state index contributed by atoms with van der Waals surface area (Å²) < 4.78 is 45.7. The summed E-state index contributed by atoms with van der Waals surface area (Å²) in [6.07, 6.45) is -4.76. The molecule has 0 saturated carbocycles. The van der Waals surface area contributed by atoms with E-state index in [0.29, 0.717) is 22.1 Å². The first kappa shape index (κ1) is 18.2. The van der Waals surface area contributed by atoms with Gasteiger partial charge < -0.3 is 20.1 Å². The van der Waals surface area contributed by atoms with Gasteiger partial charge >= 0.3 is 6.36 Å². The second-order valence-electron chi connectivity index (χ2n) is 4.50. The number of hydrogen-bond donors (Lipinski definition) is 2. The van der Waals surface area contributed by atoms with E-state index in [9.17, 15) is 13.2 Å². The first-order valence-corrected chi connectivity index (χ1v) is 7.33. The molecule has 0 radical (unpaired) electrons. The maximum Gasteiger partial charge on any atom is 0.573 e. The van der Waals surface area contributed by atoms with Crippen molar-refractivity contribution in [1.82, 2.24) is 0 Å². The zero-order valence-corrected chi connectivity index (χ0v) is 13.9. The Balaban J connectivity index is 2.08. The number of ether oxygens (including phenoxy) is 2. The van der Waals surface area contributed by atoms with Gasteiger partial charge in [0.1, 0.15) is 11.5 Å². The first-order chi connectivity index (χ1) is 11.3. The van der Waals surface area contributed by atoms with Crippen molar-refractivity contribution in [3.05, 3.63) is 47.5 Å². The van der Waals surface area contributed by atoms with Gasteiger partial charge in [0.05, 0.1) is 12.8 Å². The lowest BCUT2D eigenvalue weighted by Gasteiger charge is -2.14. The molecule has 0 aromatic heterocycles. The molecule has 4 nitrogen and oxygen atoms in total. The Morgan fingerprint density at radius 3 is 2.54 bits per heavy atom. The van der Waals surface area contributed by atoms with Crippen LogP contribution in [0.5, 0.6) is 11.5 Å². The zero-order chi connectivity index (χ0) is 17.7. The minimum Gasteiger partial charge on any atom is -0.495 e. The van der Waals surface area contributed by atoms with Crippen molar-refractivity contribution in [1.29, 1.82) is 0 Å². The van der Waals surface area contributed by atoms with Crippen LogP contribution in [-0.2, 0) is 0 Å². The number of anilines is 2. The van der Waals surface area contributed by atoms with Gasteiger partial charge in [-0.25, -0.2) is 0 Å². The van der Waals surface area contributed by atoms with Crippen molar-refractivity contribution in [2.24, 2.45) is 0 Å². The molecule has 0 fully saturated rings. The SMILES string of the molecule is COc1ccc(Cl)cc1NC(=S)Nc1cccc(OC(F)(F)F)c1. The van der Waals surface area contributed by atoms with Gasteiger partial charge in [-0.2, -0.15) is 0 Å². The van der Waals surface area contributed by atoms with Crippen LogP contribution >= 0.6 is 23.8 Å². The summed E-state index contributed by atoms with van der Waals surface area (Å²) in [6.45, 7) is 0. The highest BCUT2D eigenvalue weighted by molar-refractivity contribution is 7.80. The normalized spacial score (nSPS) is 10.9. The van der Waals surface area contributed by atoms with E-state index in [1.165, 1.54) is 25.3 Å². The number of nitrogens with one attached hydrogen (secondary N) is 2. The molecule has 2 N–H and O–H groups in total. The van der Waals surface area contributed by atoms with Crippen LogP contribution in [0.15, 0.2) is 42.5 Å². The molecular weight excluding hydrogens is 365 g/mol.